The molecule has 0 saturated heterocycles. The topological polar surface area (TPSA) is 66.1 Å². The highest BCUT2D eigenvalue weighted by atomic mass is 32.1. The number of aromatic nitrogens is 1. The van der Waals surface area contributed by atoms with E-state index in [0.717, 1.165) is 22.0 Å². The molecule has 29 heavy (non-hydrogen) atoms. The van der Waals surface area contributed by atoms with Crippen molar-refractivity contribution in [3.05, 3.63) is 71.9 Å². The van der Waals surface area contributed by atoms with Gasteiger partial charge in [-0.3, -0.25) is 0 Å². The van der Waals surface area contributed by atoms with Crippen LogP contribution in [0.25, 0.3) is 10.9 Å². The maximum absolute atomic E-state index is 12.4. The molecule has 0 fully saturated rings. The van der Waals surface area contributed by atoms with E-state index < -0.39 is 11.7 Å². The first kappa shape index (κ1) is 20.9. The van der Waals surface area contributed by atoms with Crippen LogP contribution in [0.15, 0.2) is 60.8 Å². The molecule has 152 valence electrons. The first-order valence-electron chi connectivity index (χ1n) is 9.68. The molecule has 1 amide bonds. The third-order valence-corrected chi connectivity index (χ3v) is 4.84. The Morgan fingerprint density at radius 2 is 1.79 bits per heavy atom. The molecule has 0 aliphatic carbocycles. The van der Waals surface area contributed by atoms with Gasteiger partial charge in [-0.1, -0.05) is 60.7 Å². The van der Waals surface area contributed by atoms with Crippen molar-refractivity contribution in [3.8, 4) is 0 Å². The number of amides is 1. The molecular weight excluding hydrogens is 382 g/mol. The van der Waals surface area contributed by atoms with Crippen LogP contribution in [0.4, 0.5) is 4.79 Å². The van der Waals surface area contributed by atoms with Gasteiger partial charge < -0.3 is 20.4 Å². The van der Waals surface area contributed by atoms with Gasteiger partial charge in [0.15, 0.2) is 0 Å². The van der Waals surface area contributed by atoms with E-state index in [2.05, 4.69) is 21.7 Å². The Balaban J connectivity index is 1.75. The first-order valence-corrected chi connectivity index (χ1v) is 10.1. The lowest BCUT2D eigenvalue weighted by Gasteiger charge is -2.24. The third kappa shape index (κ3) is 6.06. The smallest absolute Gasteiger partial charge is 0.408 e. The minimum Gasteiger partial charge on any atom is -0.444 e. The van der Waals surface area contributed by atoms with Crippen molar-refractivity contribution in [2.75, 3.05) is 0 Å². The molecule has 0 spiro atoms. The van der Waals surface area contributed by atoms with Gasteiger partial charge in [-0.25, -0.2) is 4.79 Å². The number of thiocarbonyl (C=S) groups is 1. The van der Waals surface area contributed by atoms with Crippen molar-refractivity contribution in [1.29, 1.82) is 0 Å². The van der Waals surface area contributed by atoms with E-state index in [0.29, 0.717) is 18.0 Å². The fourth-order valence-electron chi connectivity index (χ4n) is 3.09. The molecule has 0 saturated carbocycles. The Kier molecular flexibility index (Phi) is 6.54. The summed E-state index contributed by atoms with van der Waals surface area (Å²) >= 11 is 5.64. The SMILES string of the molecule is CC(C)(C)OC(=O)N[C@H](Cc1c[nH]c2ccccc12)C(=S)NCc1ccccc1. The van der Waals surface area contributed by atoms with E-state index in [-0.39, 0.29) is 6.04 Å². The summed E-state index contributed by atoms with van der Waals surface area (Å²) in [5.41, 5.74) is 2.69. The summed E-state index contributed by atoms with van der Waals surface area (Å²) in [5, 5.41) is 7.33. The molecule has 0 aliphatic heterocycles. The number of carbonyl (C=O) groups excluding carboxylic acids is 1. The molecule has 0 bridgehead atoms. The number of rotatable bonds is 6. The van der Waals surface area contributed by atoms with Gasteiger partial charge in [0, 0.05) is 30.1 Å². The number of hydrogen-bond acceptors (Lipinski definition) is 3. The van der Waals surface area contributed by atoms with E-state index in [1.54, 1.807) is 0 Å². The second-order valence-corrected chi connectivity index (χ2v) is 8.41. The second kappa shape index (κ2) is 9.09. The van der Waals surface area contributed by atoms with E-state index in [9.17, 15) is 4.79 Å². The molecule has 0 unspecified atom stereocenters. The minimum atomic E-state index is -0.575. The average Bonchev–Trinajstić information content (AvgIpc) is 3.08. The van der Waals surface area contributed by atoms with Gasteiger partial charge in [-0.05, 0) is 38.0 Å². The zero-order valence-electron chi connectivity index (χ0n) is 17.0. The standard InChI is InChI=1S/C23H27N3O2S/c1-23(2,3)28-22(27)26-20(21(29)25-14-16-9-5-4-6-10-16)13-17-15-24-19-12-8-7-11-18(17)19/h4-12,15,20,24H,13-14H2,1-3H3,(H,25,29)(H,26,27)/t20-/m1/s1. The van der Waals surface area contributed by atoms with Crippen molar-refractivity contribution in [2.45, 2.75) is 45.4 Å². The largest absolute Gasteiger partial charge is 0.444 e. The average molecular weight is 410 g/mol. The number of H-pyrrole nitrogens is 1. The van der Waals surface area contributed by atoms with Crippen LogP contribution in [0, 0.1) is 0 Å². The van der Waals surface area contributed by atoms with Crippen molar-refractivity contribution in [2.24, 2.45) is 0 Å². The Hall–Kier alpha value is -2.86. The highest BCUT2D eigenvalue weighted by Crippen LogP contribution is 2.19. The van der Waals surface area contributed by atoms with Gasteiger partial charge in [-0.2, -0.15) is 0 Å². The van der Waals surface area contributed by atoms with Crippen molar-refractivity contribution in [3.63, 3.8) is 0 Å². The molecule has 3 N–H and O–H groups in total. The number of alkyl carbamates (subject to hydrolysis) is 1. The van der Waals surface area contributed by atoms with Crippen molar-refractivity contribution in [1.82, 2.24) is 15.6 Å². The van der Waals surface area contributed by atoms with Crippen molar-refractivity contribution >= 4 is 34.2 Å². The van der Waals surface area contributed by atoms with Crippen LogP contribution in [0.3, 0.4) is 0 Å². The molecule has 3 aromatic rings. The number of para-hydroxylation sites is 1. The summed E-state index contributed by atoms with van der Waals surface area (Å²) in [7, 11) is 0. The monoisotopic (exact) mass is 409 g/mol. The quantitative estimate of drug-likeness (QED) is 0.516. The van der Waals surface area contributed by atoms with Gasteiger partial charge in [-0.15, -0.1) is 0 Å². The maximum atomic E-state index is 12.4. The van der Waals surface area contributed by atoms with Gasteiger partial charge in [0.1, 0.15) is 5.60 Å². The molecule has 0 radical (unpaired) electrons. The molecular formula is C23H27N3O2S. The number of benzene rings is 2. The lowest BCUT2D eigenvalue weighted by Crippen LogP contribution is -2.48. The highest BCUT2D eigenvalue weighted by molar-refractivity contribution is 7.80. The van der Waals surface area contributed by atoms with E-state index in [1.807, 2.05) is 75.5 Å². The Bertz CT molecular complexity index is 976. The predicted molar refractivity (Wildman–Crippen MR) is 121 cm³/mol. The number of ether oxygens (including phenoxy) is 1. The third-order valence-electron chi connectivity index (χ3n) is 4.42. The molecule has 6 heteroatoms. The lowest BCUT2D eigenvalue weighted by atomic mass is 10.0. The molecule has 3 rings (SSSR count). The summed E-state index contributed by atoms with van der Waals surface area (Å²) < 4.78 is 5.44. The molecule has 2 aromatic carbocycles. The molecule has 0 aliphatic rings. The Morgan fingerprint density at radius 1 is 1.10 bits per heavy atom. The van der Waals surface area contributed by atoms with Crippen LogP contribution in [0.2, 0.25) is 0 Å². The van der Waals surface area contributed by atoms with Crippen LogP contribution in [0.1, 0.15) is 31.9 Å². The molecule has 1 heterocycles. The number of carbonyl (C=O) groups is 1. The van der Waals surface area contributed by atoms with Crippen LogP contribution >= 0.6 is 12.2 Å². The zero-order valence-corrected chi connectivity index (χ0v) is 17.8. The number of fused-ring (bicyclic) bond motifs is 1. The van der Waals surface area contributed by atoms with Gasteiger partial charge in [0.25, 0.3) is 0 Å². The van der Waals surface area contributed by atoms with Crippen LogP contribution in [-0.2, 0) is 17.7 Å². The number of nitrogens with one attached hydrogen (secondary N) is 3. The Labute approximate surface area is 176 Å². The molecule has 5 nitrogen and oxygen atoms in total. The molecule has 1 aromatic heterocycles. The summed E-state index contributed by atoms with van der Waals surface area (Å²) in [5.74, 6) is 0. The fourth-order valence-corrected chi connectivity index (χ4v) is 3.30. The second-order valence-electron chi connectivity index (χ2n) is 7.97. The van der Waals surface area contributed by atoms with Crippen LogP contribution < -0.4 is 10.6 Å². The van der Waals surface area contributed by atoms with E-state index >= 15 is 0 Å². The normalized spacial score (nSPS) is 12.4. The van der Waals surface area contributed by atoms with E-state index in [4.69, 9.17) is 17.0 Å². The minimum absolute atomic E-state index is 0.386. The summed E-state index contributed by atoms with van der Waals surface area (Å²) in [6.45, 7) is 6.12. The lowest BCUT2D eigenvalue weighted by molar-refractivity contribution is 0.0518. The van der Waals surface area contributed by atoms with Crippen LogP contribution in [0.5, 0.6) is 0 Å². The van der Waals surface area contributed by atoms with Crippen molar-refractivity contribution < 1.29 is 9.53 Å². The maximum Gasteiger partial charge on any atom is 0.408 e. The van der Waals surface area contributed by atoms with Gasteiger partial charge >= 0.3 is 6.09 Å². The summed E-state index contributed by atoms with van der Waals surface area (Å²) in [6.07, 6.45) is 2.05. The first-order chi connectivity index (χ1) is 13.8. The number of aromatic amines is 1. The highest BCUT2D eigenvalue weighted by Gasteiger charge is 2.23. The van der Waals surface area contributed by atoms with Gasteiger partial charge in [0.05, 0.1) is 11.0 Å². The molecule has 1 atom stereocenters. The fraction of sp³-hybridized carbons (Fsp3) is 0.304. The van der Waals surface area contributed by atoms with E-state index in [1.165, 1.54) is 0 Å². The summed E-state index contributed by atoms with van der Waals surface area (Å²) in [6, 6.07) is 17.7. The van der Waals surface area contributed by atoms with Gasteiger partial charge in [0.2, 0.25) is 0 Å². The number of hydrogen-bond donors (Lipinski definition) is 3. The predicted octanol–water partition coefficient (Wildman–Crippen LogP) is 4.72. The zero-order chi connectivity index (χ0) is 20.9. The summed E-state index contributed by atoms with van der Waals surface area (Å²) in [4.78, 5) is 16.3. The Morgan fingerprint density at radius 3 is 2.52 bits per heavy atom. The van der Waals surface area contributed by atoms with Crippen LogP contribution in [-0.4, -0.2) is 27.7 Å².